The van der Waals surface area contributed by atoms with E-state index in [-0.39, 0.29) is 11.9 Å². The van der Waals surface area contributed by atoms with Gasteiger partial charge in [0.05, 0.1) is 12.3 Å². The molecule has 1 amide bonds. The maximum Gasteiger partial charge on any atom is 0.276 e. The Bertz CT molecular complexity index is 1330. The molecular weight excluding hydrogens is 448 g/mol. The summed E-state index contributed by atoms with van der Waals surface area (Å²) in [5.41, 5.74) is 8.84. The number of carbonyl (C=O) groups is 1. The number of likely N-dealkylation sites (tertiary alicyclic amines) is 1. The summed E-state index contributed by atoms with van der Waals surface area (Å²) in [6, 6.07) is 5.87. The normalized spacial score (nSPS) is 15.7. The minimum Gasteiger partial charge on any atom is -0.491 e. The zero-order valence-electron chi connectivity index (χ0n) is 21.9. The van der Waals surface area contributed by atoms with E-state index in [2.05, 4.69) is 50.8 Å². The number of amides is 1. The average Bonchev–Trinajstić information content (AvgIpc) is 3.27. The number of hydrogen-bond acceptors (Lipinski definition) is 4. The Labute approximate surface area is 214 Å². The molecule has 1 atom stereocenters. The summed E-state index contributed by atoms with van der Waals surface area (Å²) in [4.78, 5) is 25.3. The molecule has 6 nitrogen and oxygen atoms in total. The fourth-order valence-electron chi connectivity index (χ4n) is 4.81. The number of nitrogens with zero attached hydrogens (tertiary/aromatic N) is 4. The summed E-state index contributed by atoms with van der Waals surface area (Å²) < 4.78 is 8.03. The summed E-state index contributed by atoms with van der Waals surface area (Å²) >= 11 is 0. The largest absolute Gasteiger partial charge is 0.491 e. The van der Waals surface area contributed by atoms with E-state index < -0.39 is 0 Å². The molecule has 6 heteroatoms. The van der Waals surface area contributed by atoms with Crippen molar-refractivity contribution in [3.63, 3.8) is 0 Å². The van der Waals surface area contributed by atoms with Crippen LogP contribution in [0, 0.1) is 19.8 Å². The van der Waals surface area contributed by atoms with Crippen molar-refractivity contribution in [1.29, 1.82) is 0 Å². The lowest BCUT2D eigenvalue weighted by molar-refractivity contribution is 0.0600. The molecule has 0 N–H and O–H groups in total. The van der Waals surface area contributed by atoms with Crippen LogP contribution in [0.4, 0.5) is 0 Å². The Kier molecular flexibility index (Phi) is 7.76. The van der Waals surface area contributed by atoms with Gasteiger partial charge >= 0.3 is 0 Å². The van der Waals surface area contributed by atoms with Crippen LogP contribution in [0.2, 0.25) is 0 Å². The van der Waals surface area contributed by atoms with Crippen molar-refractivity contribution in [2.75, 3.05) is 13.2 Å². The highest BCUT2D eigenvalue weighted by Crippen LogP contribution is 2.27. The van der Waals surface area contributed by atoms with Crippen molar-refractivity contribution in [2.45, 2.75) is 59.4 Å². The number of fused-ring (bicyclic) bond motifs is 1. The van der Waals surface area contributed by atoms with Gasteiger partial charge in [-0.1, -0.05) is 27.0 Å². The molecule has 1 fully saturated rings. The van der Waals surface area contributed by atoms with Gasteiger partial charge in [-0.2, -0.15) is 0 Å². The van der Waals surface area contributed by atoms with Crippen LogP contribution in [0.15, 0.2) is 55.6 Å². The molecule has 1 unspecified atom stereocenters. The quantitative estimate of drug-likeness (QED) is 0.292. The third-order valence-corrected chi connectivity index (χ3v) is 6.65. The third kappa shape index (κ3) is 5.44. The predicted octanol–water partition coefficient (Wildman–Crippen LogP) is 5.97. The molecule has 3 aromatic heterocycles. The molecule has 3 aromatic rings. The first-order chi connectivity index (χ1) is 17.3. The standard InChI is InChI=1S/C30H36N4O2/c1-7-10-21(4)26-14-16-33-18-24(32-29(33)23(26)6)17-25-11-8-9-15-34(25)30(35)28-27(36-19-20(2)3)13-12-22(5)31-28/h10,12-14,16,18,20,25H,1,4,8-9,11,15,17,19H2,2-3,5-6H3. The molecule has 1 saturated heterocycles. The minimum atomic E-state index is -0.0584. The SMILES string of the molecule is C=C=CC(=C)c1ccn2cc(CC3CCCCN3C(=O)c3nc(C)ccc3OCC(C)C)nc2c1C. The Hall–Kier alpha value is -3.63. The van der Waals surface area contributed by atoms with Crippen molar-refractivity contribution < 1.29 is 9.53 Å². The number of rotatable bonds is 8. The van der Waals surface area contributed by atoms with Crippen LogP contribution < -0.4 is 4.74 Å². The van der Waals surface area contributed by atoms with E-state index in [1.54, 1.807) is 6.08 Å². The van der Waals surface area contributed by atoms with Crippen LogP contribution in [-0.4, -0.2) is 44.4 Å². The molecule has 4 heterocycles. The number of aromatic nitrogens is 3. The fraction of sp³-hybridized carbons (Fsp3) is 0.400. The maximum absolute atomic E-state index is 13.8. The molecule has 4 rings (SSSR count). The third-order valence-electron chi connectivity index (χ3n) is 6.65. The highest BCUT2D eigenvalue weighted by Gasteiger charge is 2.31. The number of piperidine rings is 1. The van der Waals surface area contributed by atoms with Crippen LogP contribution in [-0.2, 0) is 6.42 Å². The highest BCUT2D eigenvalue weighted by molar-refractivity contribution is 5.95. The maximum atomic E-state index is 13.8. The van der Waals surface area contributed by atoms with E-state index in [0.29, 0.717) is 36.9 Å². The first-order valence-electron chi connectivity index (χ1n) is 12.7. The van der Waals surface area contributed by atoms with E-state index in [0.717, 1.165) is 53.0 Å². The number of hydrogen-bond donors (Lipinski definition) is 0. The van der Waals surface area contributed by atoms with Crippen molar-refractivity contribution in [3.8, 4) is 5.75 Å². The van der Waals surface area contributed by atoms with Crippen molar-refractivity contribution in [3.05, 3.63) is 83.8 Å². The van der Waals surface area contributed by atoms with E-state index in [1.807, 2.05) is 40.6 Å². The fourth-order valence-corrected chi connectivity index (χ4v) is 4.81. The molecule has 1 aliphatic rings. The van der Waals surface area contributed by atoms with E-state index in [4.69, 9.17) is 9.72 Å². The summed E-state index contributed by atoms with van der Waals surface area (Å²) in [7, 11) is 0. The molecule has 188 valence electrons. The van der Waals surface area contributed by atoms with Gasteiger partial charge < -0.3 is 14.0 Å². The zero-order valence-corrected chi connectivity index (χ0v) is 21.9. The number of carbonyl (C=O) groups excluding carboxylic acids is 1. The van der Waals surface area contributed by atoms with Gasteiger partial charge in [-0.05, 0) is 74.4 Å². The summed E-state index contributed by atoms with van der Waals surface area (Å²) in [5, 5.41) is 0. The van der Waals surface area contributed by atoms with Gasteiger partial charge in [0.25, 0.3) is 5.91 Å². The van der Waals surface area contributed by atoms with Gasteiger partial charge in [-0.15, -0.1) is 5.73 Å². The molecule has 0 aromatic carbocycles. The lowest BCUT2D eigenvalue weighted by atomic mass is 9.97. The average molecular weight is 485 g/mol. The van der Waals surface area contributed by atoms with Crippen molar-refractivity contribution in [1.82, 2.24) is 19.3 Å². The number of pyridine rings is 2. The molecule has 0 aliphatic carbocycles. The summed E-state index contributed by atoms with van der Waals surface area (Å²) in [6.45, 7) is 17.2. The van der Waals surface area contributed by atoms with Crippen LogP contribution in [0.1, 0.15) is 66.1 Å². The van der Waals surface area contributed by atoms with Crippen LogP contribution in [0.5, 0.6) is 5.75 Å². The highest BCUT2D eigenvalue weighted by atomic mass is 16.5. The monoisotopic (exact) mass is 484 g/mol. The van der Waals surface area contributed by atoms with Crippen molar-refractivity contribution in [2.24, 2.45) is 5.92 Å². The second-order valence-corrected chi connectivity index (χ2v) is 10.0. The topological polar surface area (TPSA) is 59.7 Å². The Morgan fingerprint density at radius 3 is 2.81 bits per heavy atom. The van der Waals surface area contributed by atoms with Gasteiger partial charge in [-0.25, -0.2) is 9.97 Å². The Morgan fingerprint density at radius 1 is 1.25 bits per heavy atom. The molecule has 1 aliphatic heterocycles. The number of imidazole rings is 1. The predicted molar refractivity (Wildman–Crippen MR) is 144 cm³/mol. The number of ether oxygens (including phenoxy) is 1. The molecule has 0 bridgehead atoms. The second kappa shape index (κ2) is 11.0. The lowest BCUT2D eigenvalue weighted by Gasteiger charge is -2.35. The van der Waals surface area contributed by atoms with Gasteiger partial charge in [0, 0.05) is 42.7 Å². The van der Waals surface area contributed by atoms with Crippen LogP contribution in [0.3, 0.4) is 0 Å². The van der Waals surface area contributed by atoms with Gasteiger partial charge in [0.15, 0.2) is 11.4 Å². The van der Waals surface area contributed by atoms with Crippen LogP contribution >= 0.6 is 0 Å². The number of allylic oxidation sites excluding steroid dienone is 2. The minimum absolute atomic E-state index is 0.0584. The number of aryl methyl sites for hydroxylation is 2. The lowest BCUT2D eigenvalue weighted by Crippen LogP contribution is -2.45. The summed E-state index contributed by atoms with van der Waals surface area (Å²) in [5.74, 6) is 0.867. The Balaban J connectivity index is 1.60. The van der Waals surface area contributed by atoms with E-state index in [1.165, 1.54) is 0 Å². The molecule has 0 saturated carbocycles. The van der Waals surface area contributed by atoms with Crippen LogP contribution in [0.25, 0.3) is 11.2 Å². The Morgan fingerprint density at radius 2 is 2.06 bits per heavy atom. The molecule has 0 radical (unpaired) electrons. The first-order valence-corrected chi connectivity index (χ1v) is 12.7. The second-order valence-electron chi connectivity index (χ2n) is 10.0. The van der Waals surface area contributed by atoms with Gasteiger partial charge in [0.2, 0.25) is 0 Å². The first kappa shape index (κ1) is 25.5. The van der Waals surface area contributed by atoms with E-state index in [9.17, 15) is 4.79 Å². The van der Waals surface area contributed by atoms with Crippen molar-refractivity contribution >= 4 is 17.1 Å². The van der Waals surface area contributed by atoms with Gasteiger partial charge in [0.1, 0.15) is 5.65 Å². The molecular formula is C30H36N4O2. The van der Waals surface area contributed by atoms with E-state index >= 15 is 0 Å². The van der Waals surface area contributed by atoms with Gasteiger partial charge in [-0.3, -0.25) is 4.79 Å². The zero-order chi connectivity index (χ0) is 25.8. The molecule has 36 heavy (non-hydrogen) atoms. The smallest absolute Gasteiger partial charge is 0.276 e. The summed E-state index contributed by atoms with van der Waals surface area (Å²) in [6.07, 6.45) is 9.58. The molecule has 0 spiro atoms.